The van der Waals surface area contributed by atoms with E-state index in [-0.39, 0.29) is 0 Å². The van der Waals surface area contributed by atoms with Crippen molar-refractivity contribution in [1.82, 2.24) is 14.9 Å². The van der Waals surface area contributed by atoms with E-state index in [1.165, 1.54) is 23.3 Å². The maximum atomic E-state index is 6.30. The van der Waals surface area contributed by atoms with Gasteiger partial charge in [-0.05, 0) is 62.6 Å². The molecule has 148 valence electrons. The highest BCUT2D eigenvalue weighted by Gasteiger charge is 2.20. The molecule has 2 heterocycles. The van der Waals surface area contributed by atoms with Gasteiger partial charge >= 0.3 is 0 Å². The van der Waals surface area contributed by atoms with Gasteiger partial charge in [-0.2, -0.15) is 0 Å². The minimum atomic E-state index is 0.591. The molecule has 0 fully saturated rings. The number of rotatable bonds is 7. The molecule has 0 unspecified atom stereocenters. The Labute approximate surface area is 169 Å². The third kappa shape index (κ3) is 4.05. The van der Waals surface area contributed by atoms with E-state index in [1.54, 1.807) is 18.4 Å². The number of hydrogen-bond acceptors (Lipinski definition) is 7. The second-order valence-electron chi connectivity index (χ2n) is 7.18. The SMILES string of the molecule is COc1ccc(OCCN(C)Cc2nc(N)c3c4c(sc3n2)CCCC4)cc1. The molecule has 0 saturated carbocycles. The quantitative estimate of drug-likeness (QED) is 0.655. The minimum Gasteiger partial charge on any atom is -0.497 e. The number of benzene rings is 1. The lowest BCUT2D eigenvalue weighted by Crippen LogP contribution is -2.25. The van der Waals surface area contributed by atoms with Gasteiger partial charge in [-0.1, -0.05) is 0 Å². The number of ether oxygens (including phenoxy) is 2. The molecule has 4 rings (SSSR count). The molecule has 0 atom stereocenters. The molecule has 0 saturated heterocycles. The van der Waals surface area contributed by atoms with Gasteiger partial charge in [0.2, 0.25) is 0 Å². The lowest BCUT2D eigenvalue weighted by Gasteiger charge is -2.16. The summed E-state index contributed by atoms with van der Waals surface area (Å²) in [6, 6.07) is 7.61. The van der Waals surface area contributed by atoms with Gasteiger partial charge in [0.15, 0.2) is 0 Å². The average molecular weight is 399 g/mol. The number of hydrogen-bond donors (Lipinski definition) is 1. The summed E-state index contributed by atoms with van der Waals surface area (Å²) >= 11 is 1.79. The predicted molar refractivity (Wildman–Crippen MR) is 113 cm³/mol. The topological polar surface area (TPSA) is 73.5 Å². The van der Waals surface area contributed by atoms with E-state index in [1.807, 2.05) is 31.3 Å². The van der Waals surface area contributed by atoms with Crippen LogP contribution in [0.25, 0.3) is 10.2 Å². The van der Waals surface area contributed by atoms with Crippen LogP contribution in [0.3, 0.4) is 0 Å². The van der Waals surface area contributed by atoms with E-state index >= 15 is 0 Å². The molecule has 7 heteroatoms. The summed E-state index contributed by atoms with van der Waals surface area (Å²) in [6.45, 7) is 2.01. The molecule has 1 aromatic carbocycles. The molecule has 0 radical (unpaired) electrons. The Morgan fingerprint density at radius 3 is 2.64 bits per heavy atom. The van der Waals surface area contributed by atoms with E-state index < -0.39 is 0 Å². The summed E-state index contributed by atoms with van der Waals surface area (Å²) < 4.78 is 11.0. The van der Waals surface area contributed by atoms with Gasteiger partial charge < -0.3 is 15.2 Å². The zero-order chi connectivity index (χ0) is 19.5. The van der Waals surface area contributed by atoms with E-state index in [0.717, 1.165) is 46.9 Å². The number of aryl methyl sites for hydroxylation is 2. The van der Waals surface area contributed by atoms with Crippen molar-refractivity contribution in [3.05, 3.63) is 40.5 Å². The second kappa shape index (κ2) is 8.32. The van der Waals surface area contributed by atoms with Crippen LogP contribution >= 0.6 is 11.3 Å². The monoisotopic (exact) mass is 398 g/mol. The molecule has 1 aliphatic carbocycles. The van der Waals surface area contributed by atoms with Crippen molar-refractivity contribution in [2.45, 2.75) is 32.2 Å². The number of thiophene rings is 1. The molecule has 0 spiro atoms. The minimum absolute atomic E-state index is 0.591. The number of nitrogen functional groups attached to an aromatic ring is 1. The molecule has 1 aliphatic rings. The highest BCUT2D eigenvalue weighted by Crippen LogP contribution is 2.37. The molecule has 6 nitrogen and oxygen atoms in total. The Morgan fingerprint density at radius 1 is 1.11 bits per heavy atom. The maximum absolute atomic E-state index is 6.30. The molecule has 2 aromatic heterocycles. The maximum Gasteiger partial charge on any atom is 0.146 e. The number of methoxy groups -OCH3 is 1. The van der Waals surface area contributed by atoms with Crippen LogP contribution in [0.1, 0.15) is 29.1 Å². The van der Waals surface area contributed by atoms with E-state index in [9.17, 15) is 0 Å². The van der Waals surface area contributed by atoms with Crippen LogP contribution in [0.5, 0.6) is 11.5 Å². The number of anilines is 1. The Kier molecular flexibility index (Phi) is 5.64. The van der Waals surface area contributed by atoms with Crippen molar-refractivity contribution in [2.24, 2.45) is 0 Å². The summed E-state index contributed by atoms with van der Waals surface area (Å²) in [4.78, 5) is 14.0. The van der Waals surface area contributed by atoms with Gasteiger partial charge in [0.25, 0.3) is 0 Å². The fraction of sp³-hybridized carbons (Fsp3) is 0.429. The van der Waals surface area contributed by atoms with Crippen molar-refractivity contribution in [1.29, 1.82) is 0 Å². The summed E-state index contributed by atoms with van der Waals surface area (Å²) in [5, 5.41) is 1.09. The van der Waals surface area contributed by atoms with E-state index in [0.29, 0.717) is 19.0 Å². The summed E-state index contributed by atoms with van der Waals surface area (Å²) in [7, 11) is 3.70. The summed E-state index contributed by atoms with van der Waals surface area (Å²) in [6.07, 6.45) is 4.74. The zero-order valence-corrected chi connectivity index (χ0v) is 17.2. The fourth-order valence-corrected chi connectivity index (χ4v) is 4.90. The van der Waals surface area contributed by atoms with Gasteiger partial charge in [-0.3, -0.25) is 4.90 Å². The number of fused-ring (bicyclic) bond motifs is 3. The first-order valence-electron chi connectivity index (χ1n) is 9.66. The van der Waals surface area contributed by atoms with Crippen molar-refractivity contribution in [3.8, 4) is 11.5 Å². The normalized spacial score (nSPS) is 13.7. The molecule has 3 aromatic rings. The van der Waals surface area contributed by atoms with E-state index in [2.05, 4.69) is 9.88 Å². The Balaban J connectivity index is 1.37. The van der Waals surface area contributed by atoms with Crippen LogP contribution in [-0.4, -0.2) is 42.2 Å². The first kappa shape index (κ1) is 19.0. The third-order valence-corrected chi connectivity index (χ3v) is 6.29. The van der Waals surface area contributed by atoms with Crippen LogP contribution in [0.2, 0.25) is 0 Å². The smallest absolute Gasteiger partial charge is 0.146 e. The largest absolute Gasteiger partial charge is 0.497 e. The van der Waals surface area contributed by atoms with Crippen molar-refractivity contribution >= 4 is 27.4 Å². The van der Waals surface area contributed by atoms with Gasteiger partial charge in [0.1, 0.15) is 34.6 Å². The first-order valence-corrected chi connectivity index (χ1v) is 10.5. The van der Waals surface area contributed by atoms with Crippen LogP contribution in [0, 0.1) is 0 Å². The second-order valence-corrected chi connectivity index (χ2v) is 8.26. The first-order chi connectivity index (χ1) is 13.6. The zero-order valence-electron chi connectivity index (χ0n) is 16.4. The molecular formula is C21H26N4O2S. The molecule has 0 amide bonds. The van der Waals surface area contributed by atoms with Gasteiger partial charge in [-0.25, -0.2) is 9.97 Å². The van der Waals surface area contributed by atoms with Gasteiger partial charge in [-0.15, -0.1) is 11.3 Å². The van der Waals surface area contributed by atoms with Gasteiger partial charge in [0.05, 0.1) is 19.0 Å². The molecule has 2 N–H and O–H groups in total. The molecular weight excluding hydrogens is 372 g/mol. The number of nitrogens with zero attached hydrogens (tertiary/aromatic N) is 3. The predicted octanol–water partition coefficient (Wildman–Crippen LogP) is 3.67. The van der Waals surface area contributed by atoms with Crippen molar-refractivity contribution < 1.29 is 9.47 Å². The average Bonchev–Trinajstić information content (AvgIpc) is 3.07. The standard InChI is InChI=1S/C21H26N4O2S/c1-25(11-12-27-15-9-7-14(26-2)8-10-15)13-18-23-20(22)19-16-5-3-4-6-17(16)28-21(19)24-18/h7-10H,3-6,11-13H2,1-2H3,(H2,22,23,24). The van der Waals surface area contributed by atoms with Crippen molar-refractivity contribution in [2.75, 3.05) is 33.0 Å². The highest BCUT2D eigenvalue weighted by atomic mass is 32.1. The lowest BCUT2D eigenvalue weighted by molar-refractivity contribution is 0.230. The summed E-state index contributed by atoms with van der Waals surface area (Å²) in [5.74, 6) is 3.06. The number of aromatic nitrogens is 2. The van der Waals surface area contributed by atoms with E-state index in [4.69, 9.17) is 20.2 Å². The lowest BCUT2D eigenvalue weighted by atomic mass is 9.97. The Bertz CT molecular complexity index is 955. The van der Waals surface area contributed by atoms with Crippen LogP contribution in [-0.2, 0) is 19.4 Å². The molecule has 0 bridgehead atoms. The van der Waals surface area contributed by atoms with Crippen LogP contribution in [0.15, 0.2) is 24.3 Å². The molecule has 28 heavy (non-hydrogen) atoms. The summed E-state index contributed by atoms with van der Waals surface area (Å²) in [5.41, 5.74) is 7.69. The van der Waals surface area contributed by atoms with Crippen LogP contribution in [0.4, 0.5) is 5.82 Å². The Morgan fingerprint density at radius 2 is 1.86 bits per heavy atom. The van der Waals surface area contributed by atoms with Crippen molar-refractivity contribution in [3.63, 3.8) is 0 Å². The molecule has 0 aliphatic heterocycles. The fourth-order valence-electron chi connectivity index (χ4n) is 3.61. The number of nitrogens with two attached hydrogens (primary N) is 1. The third-order valence-electron chi connectivity index (χ3n) is 5.10. The Hall–Kier alpha value is -2.38. The van der Waals surface area contributed by atoms with Crippen LogP contribution < -0.4 is 15.2 Å². The van der Waals surface area contributed by atoms with Gasteiger partial charge in [0, 0.05) is 11.4 Å². The number of likely N-dealkylation sites (N-methyl/N-ethyl adjacent to an activating group) is 1. The highest BCUT2D eigenvalue weighted by molar-refractivity contribution is 7.19.